The molecule has 0 fully saturated rings. The number of carbonyl (C=O) groups is 1. The summed E-state index contributed by atoms with van der Waals surface area (Å²) in [4.78, 5) is 19.8. The van der Waals surface area contributed by atoms with Crippen LogP contribution in [-0.4, -0.2) is 41.8 Å². The van der Waals surface area contributed by atoms with Crippen molar-refractivity contribution < 1.29 is 14.6 Å². The lowest BCUT2D eigenvalue weighted by molar-refractivity contribution is -0.142. The molecule has 0 aliphatic heterocycles. The Morgan fingerprint density at radius 2 is 2.20 bits per heavy atom. The van der Waals surface area contributed by atoms with E-state index in [-0.39, 0.29) is 13.2 Å². The molecule has 1 N–H and O–H groups in total. The Hall–Kier alpha value is -3.26. The average molecular weight is 337 g/mol. The van der Waals surface area contributed by atoms with Crippen molar-refractivity contribution >= 4 is 22.6 Å². The molecule has 0 radical (unpaired) electrons. The maximum atomic E-state index is 10.7. The van der Waals surface area contributed by atoms with E-state index < -0.39 is 5.97 Å². The number of nitrogens with zero attached hydrogens (tertiary/aromatic N) is 5. The third-order valence-corrected chi connectivity index (χ3v) is 3.91. The highest BCUT2D eigenvalue weighted by Crippen LogP contribution is 2.26. The van der Waals surface area contributed by atoms with Crippen molar-refractivity contribution in [1.82, 2.24) is 24.1 Å². The number of hydrogen-bond acceptors (Lipinski definition) is 5. The van der Waals surface area contributed by atoms with Crippen molar-refractivity contribution in [1.29, 1.82) is 0 Å². The predicted molar refractivity (Wildman–Crippen MR) is 89.6 cm³/mol. The number of carboxylic acid groups (broad SMARTS) is 1. The fourth-order valence-electron chi connectivity index (χ4n) is 2.86. The SMILES string of the molecule is Cc1cccc2c1nc(COCC(=O)O)n2-c1cnn2cccnc12. The van der Waals surface area contributed by atoms with Gasteiger partial charge in [0.15, 0.2) is 5.65 Å². The molecule has 0 aliphatic rings. The highest BCUT2D eigenvalue weighted by molar-refractivity contribution is 5.83. The highest BCUT2D eigenvalue weighted by Gasteiger charge is 2.18. The van der Waals surface area contributed by atoms with Crippen LogP contribution in [0.15, 0.2) is 42.9 Å². The van der Waals surface area contributed by atoms with Crippen molar-refractivity contribution in [2.24, 2.45) is 0 Å². The van der Waals surface area contributed by atoms with Gasteiger partial charge in [0.1, 0.15) is 24.7 Å². The van der Waals surface area contributed by atoms with Crippen LogP contribution in [0.25, 0.3) is 22.4 Å². The lowest BCUT2D eigenvalue weighted by Gasteiger charge is -2.07. The van der Waals surface area contributed by atoms with Gasteiger partial charge in [-0.3, -0.25) is 4.57 Å². The van der Waals surface area contributed by atoms with Crippen LogP contribution < -0.4 is 0 Å². The number of benzene rings is 1. The van der Waals surface area contributed by atoms with E-state index in [1.165, 1.54) is 0 Å². The van der Waals surface area contributed by atoms with Crippen LogP contribution in [0.4, 0.5) is 0 Å². The van der Waals surface area contributed by atoms with Gasteiger partial charge in [-0.2, -0.15) is 5.10 Å². The molecule has 0 saturated heterocycles. The molecule has 0 bridgehead atoms. The summed E-state index contributed by atoms with van der Waals surface area (Å²) in [6.45, 7) is 1.68. The van der Waals surface area contributed by atoms with Crippen LogP contribution in [0, 0.1) is 6.92 Å². The van der Waals surface area contributed by atoms with E-state index in [0.29, 0.717) is 11.5 Å². The molecule has 0 aliphatic carbocycles. The molecular weight excluding hydrogens is 322 g/mol. The normalized spacial score (nSPS) is 11.4. The molecule has 4 rings (SSSR count). The molecule has 3 aromatic heterocycles. The highest BCUT2D eigenvalue weighted by atomic mass is 16.5. The third-order valence-electron chi connectivity index (χ3n) is 3.91. The second-order valence-corrected chi connectivity index (χ2v) is 5.61. The molecule has 0 amide bonds. The minimum Gasteiger partial charge on any atom is -0.480 e. The Morgan fingerprint density at radius 1 is 1.32 bits per heavy atom. The van der Waals surface area contributed by atoms with E-state index in [1.54, 1.807) is 23.0 Å². The number of aryl methyl sites for hydroxylation is 1. The molecule has 8 nitrogen and oxygen atoms in total. The zero-order valence-electron chi connectivity index (χ0n) is 13.5. The van der Waals surface area contributed by atoms with Crippen LogP contribution in [0.1, 0.15) is 11.4 Å². The Morgan fingerprint density at radius 3 is 3.04 bits per heavy atom. The number of ether oxygens (including phenoxy) is 1. The second kappa shape index (κ2) is 5.99. The molecule has 0 unspecified atom stereocenters. The van der Waals surface area contributed by atoms with Crippen LogP contribution in [0.2, 0.25) is 0 Å². The Kier molecular flexibility index (Phi) is 3.66. The van der Waals surface area contributed by atoms with Gasteiger partial charge in [0, 0.05) is 12.4 Å². The zero-order valence-corrected chi connectivity index (χ0v) is 13.5. The van der Waals surface area contributed by atoms with Gasteiger partial charge in [0.05, 0.1) is 17.2 Å². The minimum absolute atomic E-state index is 0.0740. The van der Waals surface area contributed by atoms with Crippen molar-refractivity contribution in [3.8, 4) is 5.69 Å². The van der Waals surface area contributed by atoms with E-state index in [1.807, 2.05) is 35.9 Å². The third kappa shape index (κ3) is 2.62. The molecule has 25 heavy (non-hydrogen) atoms. The van der Waals surface area contributed by atoms with Crippen molar-refractivity contribution in [3.05, 3.63) is 54.2 Å². The largest absolute Gasteiger partial charge is 0.480 e. The average Bonchev–Trinajstić information content (AvgIpc) is 3.16. The number of aromatic nitrogens is 5. The number of hydrogen-bond donors (Lipinski definition) is 1. The van der Waals surface area contributed by atoms with E-state index in [9.17, 15) is 4.79 Å². The van der Waals surface area contributed by atoms with Crippen LogP contribution >= 0.6 is 0 Å². The van der Waals surface area contributed by atoms with Gasteiger partial charge in [-0.15, -0.1) is 0 Å². The lowest BCUT2D eigenvalue weighted by Crippen LogP contribution is -2.10. The number of imidazole rings is 1. The van der Waals surface area contributed by atoms with Gasteiger partial charge in [0.2, 0.25) is 0 Å². The summed E-state index contributed by atoms with van der Waals surface area (Å²) in [6.07, 6.45) is 5.23. The summed E-state index contributed by atoms with van der Waals surface area (Å²) in [5.74, 6) is -0.414. The molecule has 0 saturated carbocycles. The first-order chi connectivity index (χ1) is 12.1. The fraction of sp³-hybridized carbons (Fsp3) is 0.176. The first-order valence-electron chi connectivity index (χ1n) is 7.70. The van der Waals surface area contributed by atoms with Gasteiger partial charge in [-0.1, -0.05) is 12.1 Å². The Labute approximate surface area is 142 Å². The second-order valence-electron chi connectivity index (χ2n) is 5.61. The smallest absolute Gasteiger partial charge is 0.329 e. The van der Waals surface area contributed by atoms with Crippen LogP contribution in [0.5, 0.6) is 0 Å². The van der Waals surface area contributed by atoms with E-state index in [4.69, 9.17) is 9.84 Å². The summed E-state index contributed by atoms with van der Waals surface area (Å²) in [5, 5.41) is 13.1. The molecule has 4 aromatic rings. The molecule has 0 spiro atoms. The quantitative estimate of drug-likeness (QED) is 0.598. The van der Waals surface area contributed by atoms with Gasteiger partial charge >= 0.3 is 5.97 Å². The monoisotopic (exact) mass is 337 g/mol. The lowest BCUT2D eigenvalue weighted by atomic mass is 10.2. The van der Waals surface area contributed by atoms with Gasteiger partial charge < -0.3 is 9.84 Å². The number of fused-ring (bicyclic) bond motifs is 2. The zero-order chi connectivity index (χ0) is 17.4. The van der Waals surface area contributed by atoms with Crippen molar-refractivity contribution in [2.75, 3.05) is 6.61 Å². The first-order valence-corrected chi connectivity index (χ1v) is 7.70. The molecule has 126 valence electrons. The van der Waals surface area contributed by atoms with E-state index in [2.05, 4.69) is 15.1 Å². The topological polar surface area (TPSA) is 94.5 Å². The summed E-state index contributed by atoms with van der Waals surface area (Å²) in [7, 11) is 0. The minimum atomic E-state index is -1.02. The Bertz CT molecular complexity index is 1080. The van der Waals surface area contributed by atoms with Gasteiger partial charge in [-0.05, 0) is 24.6 Å². The van der Waals surface area contributed by atoms with E-state index in [0.717, 1.165) is 22.3 Å². The summed E-state index contributed by atoms with van der Waals surface area (Å²) in [5.41, 5.74) is 4.21. The number of rotatable bonds is 5. The Balaban J connectivity index is 1.91. The van der Waals surface area contributed by atoms with Crippen molar-refractivity contribution in [3.63, 3.8) is 0 Å². The summed E-state index contributed by atoms with van der Waals surface area (Å²) >= 11 is 0. The number of carboxylic acids is 1. The van der Waals surface area contributed by atoms with Crippen molar-refractivity contribution in [2.45, 2.75) is 13.5 Å². The molecule has 3 heterocycles. The maximum Gasteiger partial charge on any atom is 0.329 e. The molecule has 1 aromatic carbocycles. The summed E-state index contributed by atoms with van der Waals surface area (Å²) < 4.78 is 8.87. The maximum absolute atomic E-state index is 10.7. The standard InChI is InChI=1S/C17H15N5O3/c1-11-4-2-5-12-16(11)20-14(9-25-10-15(23)24)22(12)13-8-19-21-7-3-6-18-17(13)21/h2-8H,9-10H2,1H3,(H,23,24). The fourth-order valence-corrected chi connectivity index (χ4v) is 2.86. The van der Waals surface area contributed by atoms with Crippen LogP contribution in [0.3, 0.4) is 0 Å². The van der Waals surface area contributed by atoms with E-state index >= 15 is 0 Å². The number of aliphatic carboxylic acids is 1. The van der Waals surface area contributed by atoms with Crippen LogP contribution in [-0.2, 0) is 16.1 Å². The number of para-hydroxylation sites is 1. The molecule has 8 heteroatoms. The van der Waals surface area contributed by atoms with Gasteiger partial charge in [0.25, 0.3) is 0 Å². The van der Waals surface area contributed by atoms with Gasteiger partial charge in [-0.25, -0.2) is 19.3 Å². The predicted octanol–water partition coefficient (Wildman–Crippen LogP) is 1.98. The first kappa shape index (κ1) is 15.3. The molecular formula is C17H15N5O3. The summed E-state index contributed by atoms with van der Waals surface area (Å²) in [6, 6.07) is 7.70. The molecule has 0 atom stereocenters.